The van der Waals surface area contributed by atoms with Crippen molar-refractivity contribution in [2.45, 2.75) is 6.54 Å². The van der Waals surface area contributed by atoms with Crippen LogP contribution in [0.1, 0.15) is 26.3 Å². The number of methoxy groups -OCH3 is 2. The Labute approximate surface area is 199 Å². The standard InChI is InChI=1S/C27H29N3O4/c1-33-25-11-7-6-10-22(25)26(31)28-23-18-21(27(32)34-2)12-13-24(23)30-16-14-29(15-17-30)19-20-8-4-3-5-9-20/h3-13,18H,14-17,19H2,1-2H3,(H,28,31). The number of hydrogen-bond acceptors (Lipinski definition) is 6. The third-order valence-corrected chi connectivity index (χ3v) is 5.98. The molecule has 0 aromatic heterocycles. The molecular weight excluding hydrogens is 430 g/mol. The molecule has 0 bridgehead atoms. The van der Waals surface area contributed by atoms with E-state index < -0.39 is 5.97 Å². The number of nitrogens with one attached hydrogen (secondary N) is 1. The van der Waals surface area contributed by atoms with Gasteiger partial charge in [-0.05, 0) is 35.9 Å². The first-order valence-electron chi connectivity index (χ1n) is 11.3. The molecule has 1 N–H and O–H groups in total. The predicted octanol–water partition coefficient (Wildman–Crippen LogP) is 4.06. The average molecular weight is 460 g/mol. The zero-order valence-corrected chi connectivity index (χ0v) is 19.5. The Morgan fingerprint density at radius 1 is 0.882 bits per heavy atom. The molecule has 1 heterocycles. The number of ether oxygens (including phenoxy) is 2. The molecule has 34 heavy (non-hydrogen) atoms. The van der Waals surface area contributed by atoms with Crippen molar-refractivity contribution in [3.8, 4) is 5.75 Å². The topological polar surface area (TPSA) is 71.1 Å². The van der Waals surface area contributed by atoms with Crippen LogP contribution in [0.25, 0.3) is 0 Å². The number of esters is 1. The predicted molar refractivity (Wildman–Crippen MR) is 133 cm³/mol. The summed E-state index contributed by atoms with van der Waals surface area (Å²) in [6, 6.07) is 22.8. The number of para-hydroxylation sites is 1. The molecule has 3 aromatic rings. The Hall–Kier alpha value is -3.84. The van der Waals surface area contributed by atoms with Gasteiger partial charge in [0.2, 0.25) is 0 Å². The first-order valence-corrected chi connectivity index (χ1v) is 11.3. The molecular formula is C27H29N3O4. The van der Waals surface area contributed by atoms with E-state index in [1.165, 1.54) is 19.8 Å². The van der Waals surface area contributed by atoms with Gasteiger partial charge in [0.1, 0.15) is 5.75 Å². The minimum atomic E-state index is -0.452. The van der Waals surface area contributed by atoms with Crippen molar-refractivity contribution in [3.63, 3.8) is 0 Å². The van der Waals surface area contributed by atoms with Gasteiger partial charge in [-0.25, -0.2) is 4.79 Å². The number of nitrogens with zero attached hydrogens (tertiary/aromatic N) is 2. The maximum absolute atomic E-state index is 13.1. The highest BCUT2D eigenvalue weighted by Gasteiger charge is 2.22. The smallest absolute Gasteiger partial charge is 0.337 e. The number of rotatable bonds is 7. The first kappa shape index (κ1) is 23.3. The van der Waals surface area contributed by atoms with E-state index in [4.69, 9.17) is 9.47 Å². The molecule has 0 radical (unpaired) electrons. The summed E-state index contributed by atoms with van der Waals surface area (Å²) >= 11 is 0. The quantitative estimate of drug-likeness (QED) is 0.538. The molecule has 0 spiro atoms. The summed E-state index contributed by atoms with van der Waals surface area (Å²) < 4.78 is 10.2. The summed E-state index contributed by atoms with van der Waals surface area (Å²) in [6.45, 7) is 4.32. The number of carbonyl (C=O) groups is 2. The van der Waals surface area contributed by atoms with Gasteiger partial charge >= 0.3 is 5.97 Å². The SMILES string of the molecule is COC(=O)c1ccc(N2CCN(Cc3ccccc3)CC2)c(NC(=O)c2ccccc2OC)c1. The first-order chi connectivity index (χ1) is 16.6. The summed E-state index contributed by atoms with van der Waals surface area (Å²) in [5.74, 6) is -0.268. The van der Waals surface area contributed by atoms with E-state index in [2.05, 4.69) is 39.4 Å². The third-order valence-electron chi connectivity index (χ3n) is 5.98. The molecule has 1 amide bonds. The lowest BCUT2D eigenvalue weighted by Gasteiger charge is -2.37. The number of benzene rings is 3. The van der Waals surface area contributed by atoms with Crippen molar-refractivity contribution in [1.82, 2.24) is 4.90 Å². The molecule has 0 atom stereocenters. The number of amides is 1. The Morgan fingerprint density at radius 3 is 2.29 bits per heavy atom. The fourth-order valence-corrected chi connectivity index (χ4v) is 4.17. The molecule has 0 saturated carbocycles. The third kappa shape index (κ3) is 5.38. The Balaban J connectivity index is 1.54. The molecule has 1 saturated heterocycles. The molecule has 4 rings (SSSR count). The molecule has 1 aliphatic rings. The van der Waals surface area contributed by atoms with Crippen LogP contribution in [0.4, 0.5) is 11.4 Å². The summed E-state index contributed by atoms with van der Waals surface area (Å²) in [4.78, 5) is 29.9. The molecule has 3 aromatic carbocycles. The van der Waals surface area contributed by atoms with Gasteiger partial charge in [-0.15, -0.1) is 0 Å². The van der Waals surface area contributed by atoms with E-state index in [0.717, 1.165) is 38.4 Å². The number of carbonyl (C=O) groups excluding carboxylic acids is 2. The summed E-state index contributed by atoms with van der Waals surface area (Å²) in [7, 11) is 2.87. The van der Waals surface area contributed by atoms with Crippen LogP contribution in [0.15, 0.2) is 72.8 Å². The molecule has 0 unspecified atom stereocenters. The summed E-state index contributed by atoms with van der Waals surface area (Å²) in [5.41, 5.74) is 3.53. The normalized spacial score (nSPS) is 13.9. The van der Waals surface area contributed by atoms with Crippen LogP contribution in [-0.4, -0.2) is 57.2 Å². The van der Waals surface area contributed by atoms with E-state index in [9.17, 15) is 9.59 Å². The van der Waals surface area contributed by atoms with Gasteiger partial charge in [0.05, 0.1) is 36.7 Å². The van der Waals surface area contributed by atoms with Crippen molar-refractivity contribution >= 4 is 23.3 Å². The molecule has 7 heteroatoms. The molecule has 176 valence electrons. The lowest BCUT2D eigenvalue weighted by atomic mass is 10.1. The van der Waals surface area contributed by atoms with E-state index in [1.54, 1.807) is 30.3 Å². The highest BCUT2D eigenvalue weighted by atomic mass is 16.5. The van der Waals surface area contributed by atoms with Crippen LogP contribution in [-0.2, 0) is 11.3 Å². The Morgan fingerprint density at radius 2 is 1.59 bits per heavy atom. The molecule has 7 nitrogen and oxygen atoms in total. The summed E-state index contributed by atoms with van der Waals surface area (Å²) in [5, 5.41) is 2.99. The highest BCUT2D eigenvalue weighted by molar-refractivity contribution is 6.08. The van der Waals surface area contributed by atoms with Crippen molar-refractivity contribution < 1.29 is 19.1 Å². The van der Waals surface area contributed by atoms with E-state index in [-0.39, 0.29) is 5.91 Å². The molecule has 0 aliphatic carbocycles. The van der Waals surface area contributed by atoms with Crippen molar-refractivity contribution in [2.75, 3.05) is 50.6 Å². The van der Waals surface area contributed by atoms with E-state index in [0.29, 0.717) is 22.6 Å². The van der Waals surface area contributed by atoms with E-state index >= 15 is 0 Å². The van der Waals surface area contributed by atoms with Gasteiger partial charge in [-0.3, -0.25) is 9.69 Å². The van der Waals surface area contributed by atoms with Gasteiger partial charge in [0, 0.05) is 32.7 Å². The van der Waals surface area contributed by atoms with Crippen molar-refractivity contribution in [3.05, 3.63) is 89.5 Å². The average Bonchev–Trinajstić information content (AvgIpc) is 2.89. The number of piperazine rings is 1. The monoisotopic (exact) mass is 459 g/mol. The lowest BCUT2D eigenvalue weighted by molar-refractivity contribution is 0.0600. The van der Waals surface area contributed by atoms with Crippen LogP contribution in [0, 0.1) is 0 Å². The van der Waals surface area contributed by atoms with Crippen LogP contribution in [0.3, 0.4) is 0 Å². The lowest BCUT2D eigenvalue weighted by Crippen LogP contribution is -2.46. The largest absolute Gasteiger partial charge is 0.496 e. The van der Waals surface area contributed by atoms with Gasteiger partial charge in [0.15, 0.2) is 0 Å². The summed E-state index contributed by atoms with van der Waals surface area (Å²) in [6.07, 6.45) is 0. The second-order valence-corrected chi connectivity index (χ2v) is 8.13. The number of hydrogen-bond donors (Lipinski definition) is 1. The van der Waals surface area contributed by atoms with Gasteiger partial charge in [-0.2, -0.15) is 0 Å². The number of anilines is 2. The second kappa shape index (κ2) is 10.9. The Bertz CT molecular complexity index is 1140. The van der Waals surface area contributed by atoms with Crippen molar-refractivity contribution in [1.29, 1.82) is 0 Å². The second-order valence-electron chi connectivity index (χ2n) is 8.13. The van der Waals surface area contributed by atoms with Gasteiger partial charge < -0.3 is 19.7 Å². The van der Waals surface area contributed by atoms with Crippen molar-refractivity contribution in [2.24, 2.45) is 0 Å². The Kier molecular flexibility index (Phi) is 7.44. The fourth-order valence-electron chi connectivity index (χ4n) is 4.17. The van der Waals surface area contributed by atoms with Crippen LogP contribution >= 0.6 is 0 Å². The van der Waals surface area contributed by atoms with Gasteiger partial charge in [-0.1, -0.05) is 42.5 Å². The zero-order chi connectivity index (χ0) is 23.9. The van der Waals surface area contributed by atoms with Crippen LogP contribution < -0.4 is 15.0 Å². The highest BCUT2D eigenvalue weighted by Crippen LogP contribution is 2.30. The van der Waals surface area contributed by atoms with E-state index in [1.807, 2.05) is 18.2 Å². The maximum atomic E-state index is 13.1. The minimum Gasteiger partial charge on any atom is -0.496 e. The zero-order valence-electron chi connectivity index (χ0n) is 19.5. The van der Waals surface area contributed by atoms with Crippen LogP contribution in [0.2, 0.25) is 0 Å². The molecule has 1 aliphatic heterocycles. The maximum Gasteiger partial charge on any atom is 0.337 e. The van der Waals surface area contributed by atoms with Gasteiger partial charge in [0.25, 0.3) is 5.91 Å². The fraction of sp³-hybridized carbons (Fsp3) is 0.259. The minimum absolute atomic E-state index is 0.302. The van der Waals surface area contributed by atoms with Crippen LogP contribution in [0.5, 0.6) is 5.75 Å². The molecule has 1 fully saturated rings.